The van der Waals surface area contributed by atoms with Crippen molar-refractivity contribution in [1.82, 2.24) is 10.6 Å². The SMILES string of the molecule is COC(=O)CC(C)SCC(=O)NC(=O)NCC(C)C. The molecule has 0 aromatic rings. The highest BCUT2D eigenvalue weighted by atomic mass is 32.2. The number of esters is 1. The third kappa shape index (κ3) is 10.4. The van der Waals surface area contributed by atoms with Crippen LogP contribution in [0.5, 0.6) is 0 Å². The predicted octanol–water partition coefficient (Wildman–Crippen LogP) is 1.15. The fourth-order valence-electron chi connectivity index (χ4n) is 1.10. The summed E-state index contributed by atoms with van der Waals surface area (Å²) in [6.07, 6.45) is 0.244. The van der Waals surface area contributed by atoms with E-state index >= 15 is 0 Å². The van der Waals surface area contributed by atoms with Gasteiger partial charge in [0.05, 0.1) is 19.3 Å². The highest BCUT2D eigenvalue weighted by molar-refractivity contribution is 8.00. The summed E-state index contributed by atoms with van der Waals surface area (Å²) in [5.74, 6) is -0.221. The molecule has 0 aromatic heterocycles. The average Bonchev–Trinajstić information content (AvgIpc) is 2.33. The molecule has 3 amide bonds. The lowest BCUT2D eigenvalue weighted by molar-refractivity contribution is -0.140. The van der Waals surface area contributed by atoms with Crippen molar-refractivity contribution in [3.8, 4) is 0 Å². The van der Waals surface area contributed by atoms with Crippen molar-refractivity contribution < 1.29 is 19.1 Å². The van der Waals surface area contributed by atoms with E-state index in [0.717, 1.165) is 0 Å². The minimum Gasteiger partial charge on any atom is -0.469 e. The summed E-state index contributed by atoms with van der Waals surface area (Å²) >= 11 is 1.30. The number of rotatable bonds is 7. The number of amides is 3. The van der Waals surface area contributed by atoms with Gasteiger partial charge in [0.25, 0.3) is 0 Å². The van der Waals surface area contributed by atoms with Crippen molar-refractivity contribution >= 4 is 29.7 Å². The molecule has 0 aliphatic heterocycles. The molecule has 0 radical (unpaired) electrons. The first-order valence-corrected chi connectivity index (χ1v) is 7.16. The maximum atomic E-state index is 11.4. The Morgan fingerprint density at radius 2 is 1.84 bits per heavy atom. The van der Waals surface area contributed by atoms with Crippen molar-refractivity contribution in [2.75, 3.05) is 19.4 Å². The zero-order chi connectivity index (χ0) is 14.8. The predicted molar refractivity (Wildman–Crippen MR) is 74.9 cm³/mol. The molecule has 6 nitrogen and oxygen atoms in total. The summed E-state index contributed by atoms with van der Waals surface area (Å²) < 4.78 is 4.53. The monoisotopic (exact) mass is 290 g/mol. The van der Waals surface area contributed by atoms with Gasteiger partial charge in [0, 0.05) is 11.8 Å². The molecule has 0 aliphatic carbocycles. The van der Waals surface area contributed by atoms with Gasteiger partial charge >= 0.3 is 12.0 Å². The number of hydrogen-bond acceptors (Lipinski definition) is 5. The molecule has 0 aliphatic rings. The summed E-state index contributed by atoms with van der Waals surface area (Å²) in [5, 5.41) is 4.79. The third-order valence-corrected chi connectivity index (χ3v) is 3.27. The van der Waals surface area contributed by atoms with Crippen LogP contribution < -0.4 is 10.6 Å². The molecule has 0 rings (SSSR count). The first-order valence-electron chi connectivity index (χ1n) is 6.11. The highest BCUT2D eigenvalue weighted by Gasteiger charge is 2.13. The van der Waals surface area contributed by atoms with Crippen LogP contribution in [0.2, 0.25) is 0 Å². The Balaban J connectivity index is 3.80. The van der Waals surface area contributed by atoms with Gasteiger partial charge in [-0.3, -0.25) is 14.9 Å². The van der Waals surface area contributed by atoms with E-state index < -0.39 is 6.03 Å². The van der Waals surface area contributed by atoms with E-state index in [4.69, 9.17) is 0 Å². The van der Waals surface area contributed by atoms with Crippen molar-refractivity contribution in [3.05, 3.63) is 0 Å². The normalized spacial score (nSPS) is 11.8. The van der Waals surface area contributed by atoms with Crippen molar-refractivity contribution in [2.45, 2.75) is 32.4 Å². The van der Waals surface area contributed by atoms with Crippen molar-refractivity contribution in [1.29, 1.82) is 0 Å². The minimum absolute atomic E-state index is 0.0306. The number of carbonyl (C=O) groups is 3. The van der Waals surface area contributed by atoms with E-state index in [1.54, 1.807) is 0 Å². The summed E-state index contributed by atoms with van der Waals surface area (Å²) in [7, 11) is 1.32. The standard InChI is InChI=1S/C12H22N2O4S/c1-8(2)6-13-12(17)14-10(15)7-19-9(3)5-11(16)18-4/h8-9H,5-7H2,1-4H3,(H2,13,14,15,17). The van der Waals surface area contributed by atoms with Crippen LogP contribution in [0.1, 0.15) is 27.2 Å². The maximum absolute atomic E-state index is 11.4. The number of hydrogen-bond donors (Lipinski definition) is 2. The van der Waals surface area contributed by atoms with Crippen LogP contribution in [-0.2, 0) is 14.3 Å². The molecule has 0 spiro atoms. The summed E-state index contributed by atoms with van der Waals surface area (Å²) in [4.78, 5) is 33.7. The van der Waals surface area contributed by atoms with Gasteiger partial charge in [0.1, 0.15) is 0 Å². The Morgan fingerprint density at radius 1 is 1.21 bits per heavy atom. The van der Waals surface area contributed by atoms with Gasteiger partial charge < -0.3 is 10.1 Å². The molecule has 110 valence electrons. The average molecular weight is 290 g/mol. The Bertz CT molecular complexity index is 321. The Kier molecular flexibility index (Phi) is 9.03. The van der Waals surface area contributed by atoms with Gasteiger partial charge in [0.15, 0.2) is 0 Å². The number of imide groups is 1. The first kappa shape index (κ1) is 17.8. The number of nitrogens with one attached hydrogen (secondary N) is 2. The Morgan fingerprint density at radius 3 is 2.37 bits per heavy atom. The molecule has 1 unspecified atom stereocenters. The number of carbonyl (C=O) groups excluding carboxylic acids is 3. The van der Waals surface area contributed by atoms with Gasteiger partial charge in [0.2, 0.25) is 5.91 Å². The lowest BCUT2D eigenvalue weighted by Crippen LogP contribution is -2.41. The van der Waals surface area contributed by atoms with Crippen LogP contribution in [0.3, 0.4) is 0 Å². The van der Waals surface area contributed by atoms with Crippen molar-refractivity contribution in [3.63, 3.8) is 0 Å². The molecule has 0 saturated heterocycles. The topological polar surface area (TPSA) is 84.5 Å². The molecule has 0 fully saturated rings. The van der Waals surface area contributed by atoms with E-state index in [1.165, 1.54) is 18.9 Å². The second-order valence-corrected chi connectivity index (χ2v) is 5.98. The lowest BCUT2D eigenvalue weighted by Gasteiger charge is -2.10. The molecular formula is C12H22N2O4S. The van der Waals surface area contributed by atoms with Crippen LogP contribution in [0.25, 0.3) is 0 Å². The highest BCUT2D eigenvalue weighted by Crippen LogP contribution is 2.13. The van der Waals surface area contributed by atoms with Crippen LogP contribution in [0, 0.1) is 5.92 Å². The molecule has 19 heavy (non-hydrogen) atoms. The quantitative estimate of drug-likeness (QED) is 0.687. The zero-order valence-electron chi connectivity index (χ0n) is 11.8. The fraction of sp³-hybridized carbons (Fsp3) is 0.750. The largest absolute Gasteiger partial charge is 0.469 e. The zero-order valence-corrected chi connectivity index (χ0v) is 12.6. The summed E-state index contributed by atoms with van der Waals surface area (Å²) in [6, 6.07) is -0.486. The molecule has 0 aromatic carbocycles. The lowest BCUT2D eigenvalue weighted by atomic mass is 10.2. The van der Waals surface area contributed by atoms with Gasteiger partial charge in [-0.15, -0.1) is 11.8 Å². The van der Waals surface area contributed by atoms with E-state index in [-0.39, 0.29) is 29.3 Å². The Hall–Kier alpha value is -1.24. The van der Waals surface area contributed by atoms with E-state index in [1.807, 2.05) is 20.8 Å². The second-order valence-electron chi connectivity index (χ2n) is 4.55. The number of urea groups is 1. The third-order valence-electron chi connectivity index (χ3n) is 2.10. The van der Waals surface area contributed by atoms with Gasteiger partial charge in [-0.2, -0.15) is 0 Å². The minimum atomic E-state index is -0.486. The second kappa shape index (κ2) is 9.66. The molecule has 1 atom stereocenters. The van der Waals surface area contributed by atoms with Gasteiger partial charge in [-0.1, -0.05) is 20.8 Å². The van der Waals surface area contributed by atoms with E-state index in [2.05, 4.69) is 15.4 Å². The van der Waals surface area contributed by atoms with Crippen LogP contribution in [0.15, 0.2) is 0 Å². The molecular weight excluding hydrogens is 268 g/mol. The fourth-order valence-corrected chi connectivity index (χ4v) is 1.86. The molecule has 2 N–H and O–H groups in total. The number of ether oxygens (including phenoxy) is 1. The van der Waals surface area contributed by atoms with Crippen LogP contribution >= 0.6 is 11.8 Å². The smallest absolute Gasteiger partial charge is 0.321 e. The summed E-state index contributed by atoms with van der Waals surface area (Å²) in [5.41, 5.74) is 0. The number of thioether (sulfide) groups is 1. The molecule has 0 bridgehead atoms. The van der Waals surface area contributed by atoms with E-state index in [0.29, 0.717) is 12.5 Å². The van der Waals surface area contributed by atoms with Crippen LogP contribution in [0.4, 0.5) is 4.79 Å². The Labute approximate surface area is 118 Å². The van der Waals surface area contributed by atoms with Gasteiger partial charge in [-0.05, 0) is 5.92 Å². The molecule has 7 heteroatoms. The molecule has 0 saturated carbocycles. The first-order chi connectivity index (χ1) is 8.85. The maximum Gasteiger partial charge on any atom is 0.321 e. The van der Waals surface area contributed by atoms with Crippen LogP contribution in [-0.4, -0.2) is 42.6 Å². The number of methoxy groups -OCH3 is 1. The van der Waals surface area contributed by atoms with Gasteiger partial charge in [-0.25, -0.2) is 4.79 Å². The van der Waals surface area contributed by atoms with E-state index in [9.17, 15) is 14.4 Å². The molecule has 0 heterocycles. The van der Waals surface area contributed by atoms with Crippen molar-refractivity contribution in [2.24, 2.45) is 5.92 Å². The summed E-state index contributed by atoms with van der Waals surface area (Å²) in [6.45, 7) is 6.28.